The van der Waals surface area contributed by atoms with Gasteiger partial charge in [-0.05, 0) is 29.3 Å². The smallest absolute Gasteiger partial charge is 0.371 e. The Labute approximate surface area is 237 Å². The summed E-state index contributed by atoms with van der Waals surface area (Å²) in [6.45, 7) is -1.57. The van der Waals surface area contributed by atoms with Gasteiger partial charge in [-0.15, -0.1) is 0 Å². The Kier molecular flexibility index (Phi) is 6.61. The van der Waals surface area contributed by atoms with Crippen LogP contribution in [0, 0.1) is 0 Å². The van der Waals surface area contributed by atoms with Crippen LogP contribution in [-0.4, -0.2) is 59.4 Å². The molecule has 0 radical (unpaired) electrons. The maximum atomic E-state index is 13.6. The Morgan fingerprint density at radius 3 is 2.45 bits per heavy atom. The predicted molar refractivity (Wildman–Crippen MR) is 147 cm³/mol. The fourth-order valence-corrected chi connectivity index (χ4v) is 5.64. The highest BCUT2D eigenvalue weighted by molar-refractivity contribution is 6.20. The molecule has 1 fully saturated rings. The maximum Gasteiger partial charge on any atom is 0.406 e. The van der Waals surface area contributed by atoms with E-state index < -0.39 is 48.6 Å². The summed E-state index contributed by atoms with van der Waals surface area (Å²) in [7, 11) is 0. The topological polar surface area (TPSA) is 135 Å². The van der Waals surface area contributed by atoms with Gasteiger partial charge in [0.2, 0.25) is 6.17 Å². The maximum absolute atomic E-state index is 13.6. The van der Waals surface area contributed by atoms with Gasteiger partial charge in [0.25, 0.3) is 5.91 Å². The molecule has 216 valence electrons. The van der Waals surface area contributed by atoms with Crippen LogP contribution in [0.4, 0.5) is 34.1 Å². The lowest BCUT2D eigenvalue weighted by Crippen LogP contribution is -2.50. The van der Waals surface area contributed by atoms with Crippen molar-refractivity contribution in [2.75, 3.05) is 16.8 Å². The van der Waals surface area contributed by atoms with Crippen LogP contribution in [0.3, 0.4) is 0 Å². The molecule has 1 saturated heterocycles. The lowest BCUT2D eigenvalue weighted by Gasteiger charge is -2.26. The fourth-order valence-electron chi connectivity index (χ4n) is 5.64. The van der Waals surface area contributed by atoms with E-state index in [1.165, 1.54) is 12.1 Å². The molecular formula is C29H25F3N6O4. The first-order chi connectivity index (χ1) is 20.0. The number of aliphatic hydroxyl groups excluding tert-OH is 1. The van der Waals surface area contributed by atoms with Crippen molar-refractivity contribution in [3.05, 3.63) is 95.1 Å². The number of rotatable bonds is 4. The van der Waals surface area contributed by atoms with Gasteiger partial charge in [-0.2, -0.15) is 13.2 Å². The molecule has 3 aliphatic rings. The number of hydrogen-bond donors (Lipinski definition) is 5. The number of carbonyl (C=O) groups is 3. The molecule has 2 aliphatic heterocycles. The number of carbonyl (C=O) groups excluding carboxylic acids is 3. The minimum Gasteiger partial charge on any atom is -0.371 e. The quantitative estimate of drug-likeness (QED) is 0.325. The van der Waals surface area contributed by atoms with E-state index in [0.717, 1.165) is 11.1 Å². The summed E-state index contributed by atoms with van der Waals surface area (Å²) in [6.07, 6.45) is -6.76. The van der Waals surface area contributed by atoms with Gasteiger partial charge in [-0.3, -0.25) is 9.69 Å². The second-order valence-corrected chi connectivity index (χ2v) is 10.4. The third kappa shape index (κ3) is 5.14. The molecule has 0 bridgehead atoms. The van der Waals surface area contributed by atoms with Gasteiger partial charge in [-0.25, -0.2) is 14.6 Å². The molecule has 1 aliphatic carbocycles. The van der Waals surface area contributed by atoms with E-state index in [-0.39, 0.29) is 11.4 Å². The monoisotopic (exact) mass is 578 g/mol. The molecule has 5 N–H and O–H groups in total. The van der Waals surface area contributed by atoms with Crippen molar-refractivity contribution in [3.63, 3.8) is 0 Å². The van der Waals surface area contributed by atoms with Crippen LogP contribution in [0.5, 0.6) is 0 Å². The Balaban J connectivity index is 1.28. The standard InChI is InChI=1S/C29H25F3N6O4/c30-29(31,32)15-38-21-9-5-4-8-20(21)22(16-6-2-1-3-7-16)34-23(24(38)39)35-26(41)33-19-11-10-17-13-28(14-18(17)12-19)25(40)36-27(42)37-28/h1-12,23,25,40H,13-15H2,(H2,33,35,41)(H2,36,37,42)/t23-,25?,28?/m0/s1. The zero-order chi connectivity index (χ0) is 29.6. The number of anilines is 2. The van der Waals surface area contributed by atoms with Gasteiger partial charge in [0.1, 0.15) is 6.54 Å². The Bertz CT molecular complexity index is 1610. The van der Waals surface area contributed by atoms with Crippen molar-refractivity contribution >= 4 is 35.1 Å². The number of hydrogen-bond acceptors (Lipinski definition) is 5. The lowest BCUT2D eigenvalue weighted by molar-refractivity contribution is -0.133. The van der Waals surface area contributed by atoms with Gasteiger partial charge < -0.3 is 26.4 Å². The number of alkyl halides is 3. The molecule has 6 rings (SSSR count). The molecule has 3 aromatic carbocycles. The molecular weight excluding hydrogens is 553 g/mol. The van der Waals surface area contributed by atoms with E-state index >= 15 is 0 Å². The largest absolute Gasteiger partial charge is 0.406 e. The third-order valence-electron chi connectivity index (χ3n) is 7.49. The van der Waals surface area contributed by atoms with Crippen LogP contribution in [0.2, 0.25) is 0 Å². The summed E-state index contributed by atoms with van der Waals surface area (Å²) < 4.78 is 40.9. The first kappa shape index (κ1) is 27.3. The average molecular weight is 579 g/mol. The zero-order valence-electron chi connectivity index (χ0n) is 21.9. The molecule has 0 aromatic heterocycles. The zero-order valence-corrected chi connectivity index (χ0v) is 21.9. The summed E-state index contributed by atoms with van der Waals surface area (Å²) in [5.41, 5.74) is 2.26. The second kappa shape index (κ2) is 10.2. The van der Waals surface area contributed by atoms with Crippen LogP contribution >= 0.6 is 0 Å². The van der Waals surface area contributed by atoms with Gasteiger partial charge in [-0.1, -0.05) is 54.6 Å². The number of benzene rings is 3. The molecule has 13 heteroatoms. The van der Waals surface area contributed by atoms with Gasteiger partial charge >= 0.3 is 18.2 Å². The van der Waals surface area contributed by atoms with Gasteiger partial charge in [0.05, 0.1) is 16.9 Å². The highest BCUT2D eigenvalue weighted by atomic mass is 19.4. The number of nitrogens with one attached hydrogen (secondary N) is 4. The van der Waals surface area contributed by atoms with Crippen LogP contribution < -0.4 is 26.2 Å². The predicted octanol–water partition coefficient (Wildman–Crippen LogP) is 3.05. The highest BCUT2D eigenvalue weighted by Gasteiger charge is 2.49. The van der Waals surface area contributed by atoms with Gasteiger partial charge in [0, 0.05) is 29.7 Å². The molecule has 1 spiro atoms. The van der Waals surface area contributed by atoms with Gasteiger partial charge in [0.15, 0.2) is 6.23 Å². The Morgan fingerprint density at radius 2 is 1.74 bits per heavy atom. The number of halogens is 3. The van der Waals surface area contributed by atoms with E-state index in [1.54, 1.807) is 60.7 Å². The molecule has 2 unspecified atom stereocenters. The molecule has 5 amide bonds. The number of para-hydroxylation sites is 1. The highest BCUT2D eigenvalue weighted by Crippen LogP contribution is 2.36. The number of aliphatic imine (C=N–C) groups is 1. The summed E-state index contributed by atoms with van der Waals surface area (Å²) in [5, 5.41) is 20.6. The molecule has 0 saturated carbocycles. The molecule has 10 nitrogen and oxygen atoms in total. The lowest BCUT2D eigenvalue weighted by atomic mass is 9.95. The van der Waals surface area contributed by atoms with E-state index in [0.29, 0.717) is 34.6 Å². The van der Waals surface area contributed by atoms with Crippen molar-refractivity contribution in [2.24, 2.45) is 4.99 Å². The van der Waals surface area contributed by atoms with E-state index in [4.69, 9.17) is 0 Å². The summed E-state index contributed by atoms with van der Waals surface area (Å²) >= 11 is 0. The number of aliphatic hydroxyl groups is 1. The van der Waals surface area contributed by atoms with Crippen molar-refractivity contribution in [1.29, 1.82) is 0 Å². The van der Waals surface area contributed by atoms with Crippen molar-refractivity contribution in [3.8, 4) is 0 Å². The van der Waals surface area contributed by atoms with Crippen LogP contribution in [0.25, 0.3) is 0 Å². The minimum atomic E-state index is -4.71. The van der Waals surface area contributed by atoms with E-state index in [1.807, 2.05) is 0 Å². The second-order valence-electron chi connectivity index (χ2n) is 10.4. The number of nitrogens with zero attached hydrogens (tertiary/aromatic N) is 2. The normalized spacial score (nSPS) is 23.0. The first-order valence-corrected chi connectivity index (χ1v) is 13.1. The SMILES string of the molecule is O=C(Nc1ccc2c(c1)CC1(C2)NC(=O)NC1O)N[C@@H]1N=C(c2ccccc2)c2ccccc2N(CC(F)(F)F)C1=O. The van der Waals surface area contributed by atoms with E-state index in [2.05, 4.69) is 26.3 Å². The average Bonchev–Trinajstić information content (AvgIpc) is 3.41. The summed E-state index contributed by atoms with van der Waals surface area (Å²) in [6, 6.07) is 18.6. The number of fused-ring (bicyclic) bond motifs is 2. The minimum absolute atomic E-state index is 0.0235. The van der Waals surface area contributed by atoms with Crippen molar-refractivity contribution in [2.45, 2.75) is 37.0 Å². The summed E-state index contributed by atoms with van der Waals surface area (Å²) in [4.78, 5) is 43.4. The molecule has 42 heavy (non-hydrogen) atoms. The number of amides is 5. The molecule has 3 atom stereocenters. The summed E-state index contributed by atoms with van der Waals surface area (Å²) in [5.74, 6) is -1.05. The van der Waals surface area contributed by atoms with Crippen molar-refractivity contribution in [1.82, 2.24) is 16.0 Å². The third-order valence-corrected chi connectivity index (χ3v) is 7.49. The van der Waals surface area contributed by atoms with Crippen LogP contribution in [0.1, 0.15) is 22.3 Å². The van der Waals surface area contributed by atoms with Crippen LogP contribution in [0.15, 0.2) is 77.8 Å². The number of urea groups is 2. The Hall–Kier alpha value is -4.91. The molecule has 2 heterocycles. The Morgan fingerprint density at radius 1 is 1.02 bits per heavy atom. The van der Waals surface area contributed by atoms with E-state index in [9.17, 15) is 32.7 Å². The molecule has 3 aromatic rings. The van der Waals surface area contributed by atoms with Crippen LogP contribution in [-0.2, 0) is 17.6 Å². The first-order valence-electron chi connectivity index (χ1n) is 13.1. The fraction of sp³-hybridized carbons (Fsp3) is 0.241. The van der Waals surface area contributed by atoms with Crippen molar-refractivity contribution < 1.29 is 32.7 Å². The number of benzodiazepines with no additional fused rings is 1.